The number of aromatic nitrogens is 1. The van der Waals surface area contributed by atoms with E-state index in [2.05, 4.69) is 20.9 Å². The Hall–Kier alpha value is -0.230. The van der Waals surface area contributed by atoms with Gasteiger partial charge in [-0.1, -0.05) is 27.5 Å². The molecular weight excluding hydrogens is 288 g/mol. The second kappa shape index (κ2) is 5.75. The maximum absolute atomic E-state index is 13.3. The minimum Gasteiger partial charge on any atom is -0.390 e. The van der Waals surface area contributed by atoms with Gasteiger partial charge in [0.25, 0.3) is 0 Å². The fourth-order valence-corrected chi connectivity index (χ4v) is 1.71. The third-order valence-electron chi connectivity index (χ3n) is 1.89. The van der Waals surface area contributed by atoms with Gasteiger partial charge in [0.15, 0.2) is 0 Å². The average molecular weight is 299 g/mol. The number of alkyl halides is 1. The van der Waals surface area contributed by atoms with Gasteiger partial charge in [-0.05, 0) is 12.5 Å². The molecule has 3 nitrogen and oxygen atoms in total. The first kappa shape index (κ1) is 12.8. The van der Waals surface area contributed by atoms with Gasteiger partial charge < -0.3 is 10.2 Å². The highest BCUT2D eigenvalue weighted by Crippen LogP contribution is 2.22. The zero-order chi connectivity index (χ0) is 11.4. The number of aliphatic hydroxyl groups excluding tert-OH is 2. The normalized spacial score (nSPS) is 15.0. The summed E-state index contributed by atoms with van der Waals surface area (Å²) in [5.41, 5.74) is -0.187. The van der Waals surface area contributed by atoms with Crippen molar-refractivity contribution in [2.45, 2.75) is 18.6 Å². The Morgan fingerprint density at radius 3 is 2.73 bits per heavy atom. The number of pyridine rings is 1. The molecule has 0 bridgehead atoms. The standard InChI is InChI=1S/C9H10BrClFNO2/c10-2-1-7(14)9(15)8-6(12)3-5(11)4-13-8/h3-4,7,9,14-15H,1-2H2. The first-order valence-electron chi connectivity index (χ1n) is 4.29. The zero-order valence-electron chi connectivity index (χ0n) is 7.70. The lowest BCUT2D eigenvalue weighted by Gasteiger charge is -2.16. The van der Waals surface area contributed by atoms with Gasteiger partial charge in [0, 0.05) is 11.5 Å². The van der Waals surface area contributed by atoms with Crippen molar-refractivity contribution < 1.29 is 14.6 Å². The Morgan fingerprint density at radius 1 is 1.53 bits per heavy atom. The molecule has 0 spiro atoms. The van der Waals surface area contributed by atoms with E-state index < -0.39 is 18.0 Å². The summed E-state index contributed by atoms with van der Waals surface area (Å²) in [6.45, 7) is 0. The van der Waals surface area contributed by atoms with Crippen LogP contribution < -0.4 is 0 Å². The van der Waals surface area contributed by atoms with Gasteiger partial charge in [0.05, 0.1) is 11.1 Å². The lowest BCUT2D eigenvalue weighted by atomic mass is 10.1. The molecule has 2 atom stereocenters. The number of halogens is 3. The Labute approximate surface area is 100 Å². The van der Waals surface area contributed by atoms with E-state index in [4.69, 9.17) is 11.6 Å². The van der Waals surface area contributed by atoms with Crippen LogP contribution in [0.5, 0.6) is 0 Å². The molecule has 0 aliphatic carbocycles. The minimum absolute atomic E-state index is 0.151. The largest absolute Gasteiger partial charge is 0.390 e. The smallest absolute Gasteiger partial charge is 0.148 e. The molecule has 1 aromatic rings. The monoisotopic (exact) mass is 297 g/mol. The molecule has 1 rings (SSSR count). The molecule has 0 aliphatic heterocycles. The number of rotatable bonds is 4. The summed E-state index contributed by atoms with van der Waals surface area (Å²) in [4.78, 5) is 3.65. The van der Waals surface area contributed by atoms with Crippen molar-refractivity contribution in [1.82, 2.24) is 4.98 Å². The molecule has 0 aliphatic rings. The van der Waals surface area contributed by atoms with Gasteiger partial charge in [-0.3, -0.25) is 4.98 Å². The molecule has 0 fully saturated rings. The maximum atomic E-state index is 13.3. The molecular formula is C9H10BrClFNO2. The fourth-order valence-electron chi connectivity index (χ4n) is 1.09. The summed E-state index contributed by atoms with van der Waals surface area (Å²) in [6, 6.07) is 1.05. The zero-order valence-corrected chi connectivity index (χ0v) is 10.0. The Balaban J connectivity index is 2.86. The average Bonchev–Trinajstić information content (AvgIpc) is 2.17. The predicted octanol–water partition coefficient (Wildman–Crippen LogP) is 2.05. The topological polar surface area (TPSA) is 53.4 Å². The first-order valence-corrected chi connectivity index (χ1v) is 5.79. The van der Waals surface area contributed by atoms with E-state index in [9.17, 15) is 14.6 Å². The van der Waals surface area contributed by atoms with Crippen molar-refractivity contribution in [1.29, 1.82) is 0 Å². The molecule has 1 heterocycles. The van der Waals surface area contributed by atoms with Crippen LogP contribution in [0.4, 0.5) is 4.39 Å². The number of hydrogen-bond donors (Lipinski definition) is 2. The lowest BCUT2D eigenvalue weighted by molar-refractivity contribution is 0.0125. The highest BCUT2D eigenvalue weighted by atomic mass is 79.9. The van der Waals surface area contributed by atoms with E-state index in [1.807, 2.05) is 0 Å². The van der Waals surface area contributed by atoms with Crippen LogP contribution in [-0.2, 0) is 0 Å². The van der Waals surface area contributed by atoms with E-state index in [1.165, 1.54) is 6.20 Å². The molecule has 0 aromatic carbocycles. The molecule has 0 amide bonds. The van der Waals surface area contributed by atoms with Crippen LogP contribution in [0.15, 0.2) is 12.3 Å². The summed E-state index contributed by atoms with van der Waals surface area (Å²) in [6.07, 6.45) is -0.845. The molecule has 15 heavy (non-hydrogen) atoms. The van der Waals surface area contributed by atoms with Crippen molar-refractivity contribution in [2.75, 3.05) is 5.33 Å². The number of aliphatic hydroxyl groups is 2. The highest BCUT2D eigenvalue weighted by molar-refractivity contribution is 9.09. The molecule has 0 saturated heterocycles. The molecule has 0 saturated carbocycles. The molecule has 0 radical (unpaired) electrons. The lowest BCUT2D eigenvalue weighted by Crippen LogP contribution is -2.20. The van der Waals surface area contributed by atoms with Crippen molar-refractivity contribution in [3.8, 4) is 0 Å². The van der Waals surface area contributed by atoms with Gasteiger partial charge in [-0.2, -0.15) is 0 Å². The van der Waals surface area contributed by atoms with Crippen LogP contribution >= 0.6 is 27.5 Å². The van der Waals surface area contributed by atoms with Crippen LogP contribution in [0.3, 0.4) is 0 Å². The summed E-state index contributed by atoms with van der Waals surface area (Å²) in [5.74, 6) is -0.719. The van der Waals surface area contributed by atoms with Crippen molar-refractivity contribution in [2.24, 2.45) is 0 Å². The van der Waals surface area contributed by atoms with Gasteiger partial charge in [0.2, 0.25) is 0 Å². The van der Waals surface area contributed by atoms with E-state index in [1.54, 1.807) is 0 Å². The second-order valence-electron chi connectivity index (χ2n) is 3.01. The molecule has 6 heteroatoms. The molecule has 84 valence electrons. The highest BCUT2D eigenvalue weighted by Gasteiger charge is 2.22. The van der Waals surface area contributed by atoms with Crippen molar-refractivity contribution >= 4 is 27.5 Å². The van der Waals surface area contributed by atoms with Crippen molar-refractivity contribution in [3.63, 3.8) is 0 Å². The van der Waals surface area contributed by atoms with E-state index >= 15 is 0 Å². The van der Waals surface area contributed by atoms with E-state index in [0.29, 0.717) is 11.8 Å². The SMILES string of the molecule is OC(CCBr)C(O)c1ncc(Cl)cc1F. The second-order valence-corrected chi connectivity index (χ2v) is 4.24. The third kappa shape index (κ3) is 3.38. The summed E-state index contributed by atoms with van der Waals surface area (Å²) >= 11 is 8.62. The quantitative estimate of drug-likeness (QED) is 0.837. The van der Waals surface area contributed by atoms with Crippen LogP contribution in [0, 0.1) is 5.82 Å². The van der Waals surface area contributed by atoms with Crippen LogP contribution in [0.2, 0.25) is 5.02 Å². The fraction of sp³-hybridized carbons (Fsp3) is 0.444. The van der Waals surface area contributed by atoms with Gasteiger partial charge in [0.1, 0.15) is 17.6 Å². The Morgan fingerprint density at radius 2 is 2.20 bits per heavy atom. The summed E-state index contributed by atoms with van der Waals surface area (Å²) < 4.78 is 13.3. The number of nitrogens with zero attached hydrogens (tertiary/aromatic N) is 1. The minimum atomic E-state index is -1.33. The summed E-state index contributed by atoms with van der Waals surface area (Å²) in [7, 11) is 0. The van der Waals surface area contributed by atoms with Crippen molar-refractivity contribution in [3.05, 3.63) is 28.8 Å². The van der Waals surface area contributed by atoms with Crippen LogP contribution in [0.1, 0.15) is 18.2 Å². The van der Waals surface area contributed by atoms with E-state index in [-0.39, 0.29) is 10.7 Å². The molecule has 1 aromatic heterocycles. The molecule has 2 N–H and O–H groups in total. The molecule has 2 unspecified atom stereocenters. The van der Waals surface area contributed by atoms with Gasteiger partial charge in [-0.15, -0.1) is 0 Å². The van der Waals surface area contributed by atoms with Gasteiger partial charge in [-0.25, -0.2) is 4.39 Å². The Kier molecular flexibility index (Phi) is 4.92. The third-order valence-corrected chi connectivity index (χ3v) is 2.55. The number of hydrogen-bond acceptors (Lipinski definition) is 3. The van der Waals surface area contributed by atoms with Crippen LogP contribution in [0.25, 0.3) is 0 Å². The van der Waals surface area contributed by atoms with E-state index in [0.717, 1.165) is 6.07 Å². The summed E-state index contributed by atoms with van der Waals surface area (Å²) in [5, 5.41) is 19.7. The Bertz CT molecular complexity index is 340. The van der Waals surface area contributed by atoms with Crippen LogP contribution in [-0.4, -0.2) is 26.6 Å². The first-order chi connectivity index (χ1) is 7.06. The van der Waals surface area contributed by atoms with Gasteiger partial charge >= 0.3 is 0 Å². The predicted molar refractivity (Wildman–Crippen MR) is 58.6 cm³/mol. The maximum Gasteiger partial charge on any atom is 0.148 e.